The van der Waals surface area contributed by atoms with Gasteiger partial charge in [0.1, 0.15) is 12.4 Å². The number of rotatable bonds is 7. The molecule has 2 N–H and O–H groups in total. The molecule has 5 heteroatoms. The van der Waals surface area contributed by atoms with E-state index in [2.05, 4.69) is 49.3 Å². The number of ether oxygens (including phenoxy) is 1. The molecule has 1 aromatic rings. The summed E-state index contributed by atoms with van der Waals surface area (Å²) in [7, 11) is 0. The van der Waals surface area contributed by atoms with Crippen LogP contribution in [-0.4, -0.2) is 23.4 Å². The first-order valence-electron chi connectivity index (χ1n) is 7.36. The average Bonchev–Trinajstić information content (AvgIpc) is 3.19. The van der Waals surface area contributed by atoms with Gasteiger partial charge in [0.05, 0.1) is 14.5 Å². The minimum Gasteiger partial charge on any atom is -0.488 e. The van der Waals surface area contributed by atoms with Crippen LogP contribution >= 0.6 is 31.9 Å². The Morgan fingerprint density at radius 3 is 2.38 bits per heavy atom. The number of nitrogens with one attached hydrogen (secondary N) is 1. The lowest BCUT2D eigenvalue weighted by molar-refractivity contribution is -0.0270. The summed E-state index contributed by atoms with van der Waals surface area (Å²) in [6.07, 6.45) is 2.57. The second-order valence-corrected chi connectivity index (χ2v) is 8.05. The fourth-order valence-corrected chi connectivity index (χ4v) is 3.30. The highest BCUT2D eigenvalue weighted by Gasteiger charge is 2.26. The molecule has 1 atom stereocenters. The van der Waals surface area contributed by atoms with E-state index in [1.807, 2.05) is 13.8 Å². The Labute approximate surface area is 143 Å². The van der Waals surface area contributed by atoms with Crippen molar-refractivity contribution in [1.29, 1.82) is 0 Å². The normalized spacial score (nSPS) is 17.9. The maximum atomic E-state index is 10.3. The first-order chi connectivity index (χ1) is 9.79. The van der Waals surface area contributed by atoms with Gasteiger partial charge in [-0.15, -0.1) is 0 Å². The first kappa shape index (κ1) is 17.3. The molecule has 3 nitrogen and oxygen atoms in total. The van der Waals surface area contributed by atoms with E-state index in [1.165, 1.54) is 18.4 Å². The zero-order chi connectivity index (χ0) is 15.6. The molecule has 1 unspecified atom stereocenters. The van der Waals surface area contributed by atoms with Crippen LogP contribution in [0.1, 0.15) is 39.2 Å². The second-order valence-electron chi connectivity index (χ2n) is 6.34. The van der Waals surface area contributed by atoms with Crippen LogP contribution < -0.4 is 10.1 Å². The molecule has 1 aliphatic rings. The van der Waals surface area contributed by atoms with E-state index in [4.69, 9.17) is 4.74 Å². The van der Waals surface area contributed by atoms with E-state index in [-0.39, 0.29) is 12.5 Å². The molecule has 0 radical (unpaired) electrons. The third-order valence-corrected chi connectivity index (χ3v) is 5.16. The Morgan fingerprint density at radius 2 is 1.90 bits per heavy atom. The summed E-state index contributed by atoms with van der Waals surface area (Å²) in [6.45, 7) is 6.90. The molecule has 0 amide bonds. The molecule has 0 aliphatic heterocycles. The number of aliphatic hydroxyl groups is 1. The zero-order valence-corrected chi connectivity index (χ0v) is 15.9. The average molecular weight is 421 g/mol. The van der Waals surface area contributed by atoms with Gasteiger partial charge in [0.15, 0.2) is 0 Å². The largest absolute Gasteiger partial charge is 0.488 e. The van der Waals surface area contributed by atoms with Crippen molar-refractivity contribution in [3.8, 4) is 5.75 Å². The predicted molar refractivity (Wildman–Crippen MR) is 92.7 cm³/mol. The van der Waals surface area contributed by atoms with Crippen LogP contribution in [0.25, 0.3) is 0 Å². The van der Waals surface area contributed by atoms with E-state index < -0.39 is 5.60 Å². The van der Waals surface area contributed by atoms with Crippen LogP contribution in [-0.2, 0) is 6.54 Å². The van der Waals surface area contributed by atoms with Gasteiger partial charge in [0.25, 0.3) is 0 Å². The van der Waals surface area contributed by atoms with Crippen molar-refractivity contribution in [2.24, 2.45) is 5.92 Å². The summed E-state index contributed by atoms with van der Waals surface area (Å²) in [5, 5.41) is 13.8. The summed E-state index contributed by atoms with van der Waals surface area (Å²) in [4.78, 5) is 0. The van der Waals surface area contributed by atoms with Crippen molar-refractivity contribution in [3.05, 3.63) is 26.6 Å². The molecule has 1 saturated carbocycles. The summed E-state index contributed by atoms with van der Waals surface area (Å²) < 4.78 is 7.64. The molecular weight excluding hydrogens is 398 g/mol. The lowest BCUT2D eigenvalue weighted by atomic mass is 9.94. The smallest absolute Gasteiger partial charge is 0.147 e. The van der Waals surface area contributed by atoms with Gasteiger partial charge in [0.2, 0.25) is 0 Å². The number of halogens is 2. The lowest BCUT2D eigenvalue weighted by Crippen LogP contribution is -2.37. The van der Waals surface area contributed by atoms with Crippen LogP contribution in [0.5, 0.6) is 5.75 Å². The third-order valence-electron chi connectivity index (χ3n) is 3.98. The fourth-order valence-electron chi connectivity index (χ4n) is 1.79. The Balaban J connectivity index is 2.02. The molecule has 1 fully saturated rings. The highest BCUT2D eigenvalue weighted by Crippen LogP contribution is 2.36. The summed E-state index contributed by atoms with van der Waals surface area (Å²) in [6, 6.07) is 4.83. The number of hydrogen-bond acceptors (Lipinski definition) is 3. The molecule has 0 heterocycles. The summed E-state index contributed by atoms with van der Waals surface area (Å²) in [5.74, 6) is 0.878. The van der Waals surface area contributed by atoms with Gasteiger partial charge < -0.3 is 15.2 Å². The van der Waals surface area contributed by atoms with Gasteiger partial charge in [0, 0.05) is 12.6 Å². The van der Waals surface area contributed by atoms with E-state index in [1.54, 1.807) is 6.92 Å². The molecule has 0 bridgehead atoms. The second kappa shape index (κ2) is 6.99. The Morgan fingerprint density at radius 1 is 1.33 bits per heavy atom. The van der Waals surface area contributed by atoms with Gasteiger partial charge in [-0.2, -0.15) is 0 Å². The lowest BCUT2D eigenvalue weighted by Gasteiger charge is -2.28. The Kier molecular flexibility index (Phi) is 5.74. The van der Waals surface area contributed by atoms with Crippen LogP contribution in [0, 0.1) is 5.92 Å². The van der Waals surface area contributed by atoms with Gasteiger partial charge in [-0.25, -0.2) is 0 Å². The Bertz CT molecular complexity index is 476. The zero-order valence-electron chi connectivity index (χ0n) is 12.7. The highest BCUT2D eigenvalue weighted by molar-refractivity contribution is 9.11. The van der Waals surface area contributed by atoms with Crippen molar-refractivity contribution >= 4 is 31.9 Å². The van der Waals surface area contributed by atoms with Gasteiger partial charge >= 0.3 is 0 Å². The van der Waals surface area contributed by atoms with Crippen LogP contribution in [0.4, 0.5) is 0 Å². The fraction of sp³-hybridized carbons (Fsp3) is 0.625. The third kappa shape index (κ3) is 4.95. The minimum absolute atomic E-state index is 0.136. The molecule has 0 aromatic heterocycles. The highest BCUT2D eigenvalue weighted by atomic mass is 79.9. The standard InChI is InChI=1S/C16H23Br2NO2/c1-10(2)16(3,20)9-21-15-13(17)6-11(7-14(15)18)8-19-12-4-5-12/h6-7,10,12,19-20H,4-5,8-9H2,1-3H3. The van der Waals surface area contributed by atoms with Gasteiger partial charge in [-0.1, -0.05) is 13.8 Å². The first-order valence-corrected chi connectivity index (χ1v) is 8.94. The van der Waals surface area contributed by atoms with Crippen molar-refractivity contribution in [3.63, 3.8) is 0 Å². The van der Waals surface area contributed by atoms with Crippen molar-refractivity contribution in [2.75, 3.05) is 6.61 Å². The van der Waals surface area contributed by atoms with Gasteiger partial charge in [-0.3, -0.25) is 0 Å². The molecule has 118 valence electrons. The monoisotopic (exact) mass is 419 g/mol. The molecule has 21 heavy (non-hydrogen) atoms. The molecule has 0 spiro atoms. The van der Waals surface area contributed by atoms with E-state index in [0.29, 0.717) is 6.04 Å². The van der Waals surface area contributed by atoms with E-state index in [0.717, 1.165) is 21.2 Å². The maximum Gasteiger partial charge on any atom is 0.147 e. The van der Waals surface area contributed by atoms with Crippen LogP contribution in [0.2, 0.25) is 0 Å². The van der Waals surface area contributed by atoms with Gasteiger partial charge in [-0.05, 0) is 75.2 Å². The van der Waals surface area contributed by atoms with Crippen LogP contribution in [0.3, 0.4) is 0 Å². The van der Waals surface area contributed by atoms with E-state index >= 15 is 0 Å². The van der Waals surface area contributed by atoms with Crippen LogP contribution in [0.15, 0.2) is 21.1 Å². The van der Waals surface area contributed by atoms with E-state index in [9.17, 15) is 5.11 Å². The topological polar surface area (TPSA) is 41.5 Å². The molecule has 0 saturated heterocycles. The van der Waals surface area contributed by atoms with Crippen molar-refractivity contribution in [2.45, 2.75) is 51.8 Å². The molecule has 1 aromatic carbocycles. The predicted octanol–water partition coefficient (Wildman–Crippen LogP) is 4.25. The minimum atomic E-state index is -0.842. The summed E-state index contributed by atoms with van der Waals surface area (Å²) in [5.41, 5.74) is 0.370. The number of benzene rings is 1. The molecule has 2 rings (SSSR count). The van der Waals surface area contributed by atoms with Crippen molar-refractivity contribution < 1.29 is 9.84 Å². The molecule has 1 aliphatic carbocycles. The SMILES string of the molecule is CC(C)C(C)(O)COc1c(Br)cc(CNC2CC2)cc1Br. The molecular formula is C16H23Br2NO2. The Hall–Kier alpha value is -0.100. The maximum absolute atomic E-state index is 10.3. The number of hydrogen-bond donors (Lipinski definition) is 2. The summed E-state index contributed by atoms with van der Waals surface area (Å²) >= 11 is 7.12. The van der Waals surface area contributed by atoms with Crippen molar-refractivity contribution in [1.82, 2.24) is 5.32 Å². The quantitative estimate of drug-likeness (QED) is 0.692.